The lowest BCUT2D eigenvalue weighted by atomic mass is 10.4. The molecule has 0 aliphatic carbocycles. The number of morpholine rings is 2. The van der Waals surface area contributed by atoms with Gasteiger partial charge in [0.1, 0.15) is 0 Å². The van der Waals surface area contributed by atoms with Gasteiger partial charge in [0.05, 0.1) is 39.5 Å². The molecular formula is C12H20N2O2. The third kappa shape index (κ3) is 4.11. The van der Waals surface area contributed by atoms with E-state index in [-0.39, 0.29) is 0 Å². The minimum absolute atomic E-state index is 0.852. The van der Waals surface area contributed by atoms with Crippen LogP contribution in [-0.4, -0.2) is 75.5 Å². The van der Waals surface area contributed by atoms with Gasteiger partial charge in [0.2, 0.25) is 0 Å². The Kier molecular flexibility index (Phi) is 5.10. The molecular weight excluding hydrogens is 204 g/mol. The molecule has 90 valence electrons. The second-order valence-electron chi connectivity index (χ2n) is 4.13. The molecule has 0 saturated carbocycles. The largest absolute Gasteiger partial charge is 0.379 e. The molecule has 2 rings (SSSR count). The first-order valence-corrected chi connectivity index (χ1v) is 6.01. The van der Waals surface area contributed by atoms with Crippen molar-refractivity contribution in [2.75, 3.05) is 65.7 Å². The van der Waals surface area contributed by atoms with Crippen LogP contribution >= 0.6 is 0 Å². The number of rotatable bonds is 2. The van der Waals surface area contributed by atoms with Crippen LogP contribution in [0.3, 0.4) is 0 Å². The Morgan fingerprint density at radius 1 is 0.688 bits per heavy atom. The van der Waals surface area contributed by atoms with E-state index in [1.165, 1.54) is 0 Å². The summed E-state index contributed by atoms with van der Waals surface area (Å²) in [4.78, 5) is 4.69. The third-order valence-corrected chi connectivity index (χ3v) is 2.94. The summed E-state index contributed by atoms with van der Waals surface area (Å²) in [5.41, 5.74) is 0. The second kappa shape index (κ2) is 6.87. The SMILES string of the molecule is C(#CCN1CCOCC1)CN1CCOCC1. The predicted molar refractivity (Wildman–Crippen MR) is 62.3 cm³/mol. The van der Waals surface area contributed by atoms with Crippen molar-refractivity contribution in [3.63, 3.8) is 0 Å². The Balaban J connectivity index is 1.61. The molecule has 16 heavy (non-hydrogen) atoms. The maximum Gasteiger partial charge on any atom is 0.0603 e. The third-order valence-electron chi connectivity index (χ3n) is 2.94. The molecule has 0 atom stereocenters. The Bertz CT molecular complexity index is 223. The van der Waals surface area contributed by atoms with E-state index in [9.17, 15) is 0 Å². The lowest BCUT2D eigenvalue weighted by molar-refractivity contribution is 0.0432. The first kappa shape index (κ1) is 11.9. The molecule has 0 unspecified atom stereocenters. The minimum Gasteiger partial charge on any atom is -0.379 e. The van der Waals surface area contributed by atoms with Crippen molar-refractivity contribution in [1.29, 1.82) is 0 Å². The number of ether oxygens (including phenoxy) is 2. The molecule has 4 heteroatoms. The van der Waals surface area contributed by atoms with Gasteiger partial charge in [0, 0.05) is 26.2 Å². The zero-order valence-corrected chi connectivity index (χ0v) is 9.78. The standard InChI is InChI=1S/C12H20N2O2/c1(3-13-5-9-15-10-6-13)2-4-14-7-11-16-12-8-14/h3-12H2. The van der Waals surface area contributed by atoms with Gasteiger partial charge in [-0.15, -0.1) is 0 Å². The Morgan fingerprint density at radius 3 is 1.44 bits per heavy atom. The fourth-order valence-corrected chi connectivity index (χ4v) is 1.85. The van der Waals surface area contributed by atoms with Crippen molar-refractivity contribution in [3.05, 3.63) is 0 Å². The summed E-state index contributed by atoms with van der Waals surface area (Å²) < 4.78 is 10.6. The van der Waals surface area contributed by atoms with Crippen LogP contribution in [0.1, 0.15) is 0 Å². The van der Waals surface area contributed by atoms with Crippen LogP contribution in [0.4, 0.5) is 0 Å². The highest BCUT2D eigenvalue weighted by atomic mass is 16.5. The second-order valence-corrected chi connectivity index (χ2v) is 4.13. The van der Waals surface area contributed by atoms with E-state index in [1.807, 2.05) is 0 Å². The van der Waals surface area contributed by atoms with Gasteiger partial charge in [-0.25, -0.2) is 0 Å². The fourth-order valence-electron chi connectivity index (χ4n) is 1.85. The van der Waals surface area contributed by atoms with Crippen molar-refractivity contribution in [2.45, 2.75) is 0 Å². The molecule has 2 heterocycles. The van der Waals surface area contributed by atoms with Crippen LogP contribution in [-0.2, 0) is 9.47 Å². The molecule has 0 spiro atoms. The van der Waals surface area contributed by atoms with Crippen LogP contribution in [0.5, 0.6) is 0 Å². The van der Waals surface area contributed by atoms with E-state index in [4.69, 9.17) is 9.47 Å². The number of nitrogens with zero attached hydrogens (tertiary/aromatic N) is 2. The minimum atomic E-state index is 0.852. The summed E-state index contributed by atoms with van der Waals surface area (Å²) >= 11 is 0. The van der Waals surface area contributed by atoms with Gasteiger partial charge in [-0.2, -0.15) is 0 Å². The van der Waals surface area contributed by atoms with E-state index in [0.717, 1.165) is 65.7 Å². The summed E-state index contributed by atoms with van der Waals surface area (Å²) in [6.45, 7) is 9.25. The molecule has 0 aromatic rings. The molecule has 0 aromatic heterocycles. The highest BCUT2D eigenvalue weighted by Crippen LogP contribution is 1.96. The molecule has 0 aromatic carbocycles. The summed E-state index contributed by atoms with van der Waals surface area (Å²) in [6, 6.07) is 0. The molecule has 0 radical (unpaired) electrons. The lowest BCUT2D eigenvalue weighted by Crippen LogP contribution is -2.37. The van der Waals surface area contributed by atoms with E-state index in [2.05, 4.69) is 21.6 Å². The van der Waals surface area contributed by atoms with Gasteiger partial charge >= 0.3 is 0 Å². The smallest absolute Gasteiger partial charge is 0.0603 e. The highest BCUT2D eigenvalue weighted by molar-refractivity contribution is 5.03. The molecule has 0 bridgehead atoms. The maximum absolute atomic E-state index is 5.29. The molecule has 2 aliphatic heterocycles. The normalized spacial score (nSPS) is 23.8. The highest BCUT2D eigenvalue weighted by Gasteiger charge is 2.09. The van der Waals surface area contributed by atoms with Crippen LogP contribution in [0.2, 0.25) is 0 Å². The van der Waals surface area contributed by atoms with Gasteiger partial charge in [-0.05, 0) is 0 Å². The molecule has 2 aliphatic rings. The average molecular weight is 224 g/mol. The summed E-state index contributed by atoms with van der Waals surface area (Å²) in [6.07, 6.45) is 0. The molecule has 0 N–H and O–H groups in total. The Hall–Kier alpha value is -0.600. The lowest BCUT2D eigenvalue weighted by Gasteiger charge is -2.25. The average Bonchev–Trinajstić information content (AvgIpc) is 2.37. The fraction of sp³-hybridized carbons (Fsp3) is 0.833. The topological polar surface area (TPSA) is 24.9 Å². The van der Waals surface area contributed by atoms with Crippen molar-refractivity contribution in [2.24, 2.45) is 0 Å². The maximum atomic E-state index is 5.29. The van der Waals surface area contributed by atoms with Crippen LogP contribution in [0.25, 0.3) is 0 Å². The van der Waals surface area contributed by atoms with Gasteiger partial charge in [0.15, 0.2) is 0 Å². The summed E-state index contributed by atoms with van der Waals surface area (Å²) in [5.74, 6) is 6.48. The number of hydrogen-bond acceptors (Lipinski definition) is 4. The molecule has 4 nitrogen and oxygen atoms in total. The quantitative estimate of drug-likeness (QED) is 0.599. The van der Waals surface area contributed by atoms with Gasteiger partial charge in [-0.1, -0.05) is 11.8 Å². The summed E-state index contributed by atoms with van der Waals surface area (Å²) in [5, 5.41) is 0. The zero-order valence-electron chi connectivity index (χ0n) is 9.78. The number of hydrogen-bond donors (Lipinski definition) is 0. The first-order valence-electron chi connectivity index (χ1n) is 6.01. The predicted octanol–water partition coefficient (Wildman–Crippen LogP) is -0.346. The monoisotopic (exact) mass is 224 g/mol. The molecule has 2 fully saturated rings. The molecule has 2 saturated heterocycles. The van der Waals surface area contributed by atoms with E-state index >= 15 is 0 Å². The van der Waals surface area contributed by atoms with Gasteiger partial charge in [-0.3, -0.25) is 9.80 Å². The van der Waals surface area contributed by atoms with E-state index in [1.54, 1.807) is 0 Å². The van der Waals surface area contributed by atoms with E-state index < -0.39 is 0 Å². The van der Waals surface area contributed by atoms with Gasteiger partial charge < -0.3 is 9.47 Å². The molecule has 0 amide bonds. The van der Waals surface area contributed by atoms with Crippen molar-refractivity contribution < 1.29 is 9.47 Å². The van der Waals surface area contributed by atoms with Gasteiger partial charge in [0.25, 0.3) is 0 Å². The Morgan fingerprint density at radius 2 is 1.06 bits per heavy atom. The van der Waals surface area contributed by atoms with Crippen LogP contribution < -0.4 is 0 Å². The van der Waals surface area contributed by atoms with Crippen LogP contribution in [0, 0.1) is 11.8 Å². The Labute approximate surface area is 97.5 Å². The van der Waals surface area contributed by atoms with Crippen molar-refractivity contribution >= 4 is 0 Å². The van der Waals surface area contributed by atoms with E-state index in [0.29, 0.717) is 0 Å². The van der Waals surface area contributed by atoms with Crippen LogP contribution in [0.15, 0.2) is 0 Å². The first-order chi connectivity index (χ1) is 7.95. The summed E-state index contributed by atoms with van der Waals surface area (Å²) in [7, 11) is 0. The zero-order chi connectivity index (χ0) is 11.1. The van der Waals surface area contributed by atoms with Crippen molar-refractivity contribution in [3.8, 4) is 11.8 Å². The van der Waals surface area contributed by atoms with Crippen molar-refractivity contribution in [1.82, 2.24) is 9.80 Å².